The quantitative estimate of drug-likeness (QED) is 0.573. The van der Waals surface area contributed by atoms with E-state index in [1.165, 1.54) is 0 Å². The summed E-state index contributed by atoms with van der Waals surface area (Å²) in [4.78, 5) is 0. The van der Waals surface area contributed by atoms with Crippen LogP contribution in [0.1, 0.15) is 6.42 Å². The highest BCUT2D eigenvalue weighted by atomic mass is 19.4. The van der Waals surface area contributed by atoms with Gasteiger partial charge in [0.25, 0.3) is 0 Å². The molecule has 0 saturated heterocycles. The van der Waals surface area contributed by atoms with Crippen LogP contribution in [0.3, 0.4) is 0 Å². The van der Waals surface area contributed by atoms with Gasteiger partial charge in [0.1, 0.15) is 5.76 Å². The van der Waals surface area contributed by atoms with Crippen molar-refractivity contribution >= 4 is 0 Å². The van der Waals surface area contributed by atoms with Crippen LogP contribution in [0.2, 0.25) is 0 Å². The van der Waals surface area contributed by atoms with Crippen LogP contribution in [0.25, 0.3) is 0 Å². The Balaban J connectivity index is 2.49. The van der Waals surface area contributed by atoms with Crippen LogP contribution in [0.5, 0.6) is 0 Å². The Kier molecular flexibility index (Phi) is 2.22. The number of halogens is 3. The van der Waals surface area contributed by atoms with E-state index in [1.807, 2.05) is 0 Å². The summed E-state index contributed by atoms with van der Waals surface area (Å²) in [6, 6.07) is 0. The van der Waals surface area contributed by atoms with Crippen molar-refractivity contribution in [2.75, 3.05) is 0 Å². The Labute approximate surface area is 62.2 Å². The van der Waals surface area contributed by atoms with Gasteiger partial charge in [0.15, 0.2) is 0 Å². The number of hydrogen-bond acceptors (Lipinski definition) is 1. The van der Waals surface area contributed by atoms with Gasteiger partial charge in [0.05, 0.1) is 6.42 Å². The number of hydrogen-bond donors (Lipinski definition) is 0. The molecular formula is C7H4F3O. The number of alkyl halides is 3. The van der Waals surface area contributed by atoms with E-state index >= 15 is 0 Å². The minimum Gasteiger partial charge on any atom is -0.410 e. The lowest BCUT2D eigenvalue weighted by Gasteiger charge is -2.11. The van der Waals surface area contributed by atoms with Crippen molar-refractivity contribution in [3.63, 3.8) is 0 Å². The van der Waals surface area contributed by atoms with Gasteiger partial charge in [-0.15, -0.1) is 13.2 Å². The van der Waals surface area contributed by atoms with Crippen molar-refractivity contribution in [1.82, 2.24) is 0 Å². The standard InChI is InChI=1S/C7H4F3O/c8-7(9,10)11-6-4-2-1-3-5-6/h1,5H,2H2. The lowest BCUT2D eigenvalue weighted by atomic mass is 10.2. The van der Waals surface area contributed by atoms with Crippen LogP contribution in [0.4, 0.5) is 13.2 Å². The third-order valence-corrected chi connectivity index (χ3v) is 0.936. The Morgan fingerprint density at radius 2 is 2.18 bits per heavy atom. The first kappa shape index (κ1) is 8.17. The average Bonchev–Trinajstić information content (AvgIpc) is 1.85. The molecule has 1 rings (SSSR count). The molecule has 1 aliphatic carbocycles. The molecule has 1 nitrogen and oxygen atoms in total. The van der Waals surface area contributed by atoms with Crippen LogP contribution in [0, 0.1) is 12.5 Å². The van der Waals surface area contributed by atoms with Crippen molar-refractivity contribution in [2.24, 2.45) is 0 Å². The molecule has 0 aromatic heterocycles. The van der Waals surface area contributed by atoms with Crippen molar-refractivity contribution in [2.45, 2.75) is 12.8 Å². The molecule has 59 valence electrons. The Morgan fingerprint density at radius 1 is 1.45 bits per heavy atom. The molecule has 11 heavy (non-hydrogen) atoms. The predicted octanol–water partition coefficient (Wildman–Crippen LogP) is 2.25. The van der Waals surface area contributed by atoms with Crippen LogP contribution < -0.4 is 0 Å². The first-order chi connectivity index (χ1) is 5.08. The maximum Gasteiger partial charge on any atom is 0.572 e. The number of allylic oxidation sites excluding steroid dienone is 4. The summed E-state index contributed by atoms with van der Waals surface area (Å²) in [7, 11) is 0. The molecule has 0 atom stereocenters. The molecule has 0 heterocycles. The maximum atomic E-state index is 11.5. The first-order valence-corrected chi connectivity index (χ1v) is 2.85. The molecule has 4 heteroatoms. The van der Waals surface area contributed by atoms with E-state index in [2.05, 4.69) is 17.2 Å². The van der Waals surface area contributed by atoms with Crippen molar-refractivity contribution < 1.29 is 17.9 Å². The molecule has 0 aromatic rings. The zero-order valence-corrected chi connectivity index (χ0v) is 5.40. The third-order valence-electron chi connectivity index (χ3n) is 0.936. The number of ether oxygens (including phenoxy) is 1. The van der Waals surface area contributed by atoms with Gasteiger partial charge in [-0.25, -0.2) is 0 Å². The van der Waals surface area contributed by atoms with Gasteiger partial charge in [-0.3, -0.25) is 0 Å². The fraction of sp³-hybridized carbons (Fsp3) is 0.286. The van der Waals surface area contributed by atoms with Gasteiger partial charge < -0.3 is 4.74 Å². The highest BCUT2D eigenvalue weighted by Crippen LogP contribution is 2.23. The molecule has 0 fully saturated rings. The second-order valence-corrected chi connectivity index (χ2v) is 1.81. The van der Waals surface area contributed by atoms with E-state index in [0.717, 1.165) is 6.08 Å². The molecule has 0 spiro atoms. The van der Waals surface area contributed by atoms with E-state index in [0.29, 0.717) is 6.42 Å². The molecular weight excluding hydrogens is 157 g/mol. The van der Waals surface area contributed by atoms with E-state index in [9.17, 15) is 13.2 Å². The molecule has 0 aliphatic heterocycles. The van der Waals surface area contributed by atoms with E-state index in [-0.39, 0.29) is 5.76 Å². The minimum atomic E-state index is -4.63. The van der Waals surface area contributed by atoms with Crippen molar-refractivity contribution in [3.8, 4) is 0 Å². The lowest BCUT2D eigenvalue weighted by Crippen LogP contribution is -2.13. The highest BCUT2D eigenvalue weighted by molar-refractivity contribution is 5.17. The van der Waals surface area contributed by atoms with Crippen molar-refractivity contribution in [1.29, 1.82) is 0 Å². The normalized spacial score (nSPS) is 17.9. The summed E-state index contributed by atoms with van der Waals surface area (Å²) in [5.74, 6) is -0.319. The monoisotopic (exact) mass is 161 g/mol. The van der Waals surface area contributed by atoms with E-state index in [1.54, 1.807) is 6.08 Å². The molecule has 0 N–H and O–H groups in total. The average molecular weight is 161 g/mol. The van der Waals surface area contributed by atoms with Gasteiger partial charge in [-0.05, 0) is 18.6 Å². The fourth-order valence-corrected chi connectivity index (χ4v) is 0.586. The van der Waals surface area contributed by atoms with Gasteiger partial charge in [0, 0.05) is 0 Å². The summed E-state index contributed by atoms with van der Waals surface area (Å²) in [6.07, 6.45) is 3.19. The summed E-state index contributed by atoms with van der Waals surface area (Å²) >= 11 is 0. The molecule has 1 aliphatic rings. The minimum absolute atomic E-state index is 0.307. The van der Waals surface area contributed by atoms with Gasteiger partial charge in [0.2, 0.25) is 0 Å². The van der Waals surface area contributed by atoms with Gasteiger partial charge >= 0.3 is 6.36 Å². The Hall–Kier alpha value is -0.930. The van der Waals surface area contributed by atoms with E-state index in [4.69, 9.17) is 0 Å². The lowest BCUT2D eigenvalue weighted by molar-refractivity contribution is -0.304. The Bertz CT molecular complexity index is 190. The molecule has 0 aromatic carbocycles. The summed E-state index contributed by atoms with van der Waals surface area (Å²) in [5.41, 5.74) is 0. The zero-order chi connectivity index (χ0) is 8.32. The number of rotatable bonds is 1. The highest BCUT2D eigenvalue weighted by Gasteiger charge is 2.32. The summed E-state index contributed by atoms with van der Waals surface area (Å²) in [6.45, 7) is 0. The SMILES string of the molecule is FC(F)(F)OC1=C[C]=CC[C]1. The van der Waals surface area contributed by atoms with Gasteiger partial charge in [-0.1, -0.05) is 6.08 Å². The fourth-order valence-electron chi connectivity index (χ4n) is 0.586. The second kappa shape index (κ2) is 2.98. The second-order valence-electron chi connectivity index (χ2n) is 1.81. The smallest absolute Gasteiger partial charge is 0.410 e. The van der Waals surface area contributed by atoms with Crippen LogP contribution in [0.15, 0.2) is 17.9 Å². The van der Waals surface area contributed by atoms with Gasteiger partial charge in [-0.2, -0.15) is 0 Å². The third kappa shape index (κ3) is 3.11. The zero-order valence-electron chi connectivity index (χ0n) is 5.40. The van der Waals surface area contributed by atoms with E-state index < -0.39 is 6.36 Å². The van der Waals surface area contributed by atoms with Crippen LogP contribution in [-0.4, -0.2) is 6.36 Å². The molecule has 0 unspecified atom stereocenters. The largest absolute Gasteiger partial charge is 0.572 e. The maximum absolute atomic E-state index is 11.5. The summed E-state index contributed by atoms with van der Waals surface area (Å²) < 4.78 is 38.0. The molecule has 0 amide bonds. The summed E-state index contributed by atoms with van der Waals surface area (Å²) in [5, 5.41) is 0. The predicted molar refractivity (Wildman–Crippen MR) is 30.9 cm³/mol. The van der Waals surface area contributed by atoms with Crippen molar-refractivity contribution in [3.05, 3.63) is 30.4 Å². The molecule has 0 saturated carbocycles. The van der Waals surface area contributed by atoms with Crippen LogP contribution in [-0.2, 0) is 4.74 Å². The molecule has 0 bridgehead atoms. The Morgan fingerprint density at radius 3 is 2.64 bits per heavy atom. The topological polar surface area (TPSA) is 9.23 Å². The van der Waals surface area contributed by atoms with Crippen LogP contribution >= 0.6 is 0 Å². The molecule has 3 radical (unpaired) electrons. The first-order valence-electron chi connectivity index (χ1n) is 2.85.